The number of phenols is 1. The molecule has 0 saturated heterocycles. The van der Waals surface area contributed by atoms with Gasteiger partial charge in [0.2, 0.25) is 5.90 Å². The second-order valence-corrected chi connectivity index (χ2v) is 30.9. The van der Waals surface area contributed by atoms with Gasteiger partial charge in [0.05, 0.1) is 69.2 Å². The molecule has 15 rings (SSSR count). The van der Waals surface area contributed by atoms with Crippen LogP contribution in [0.2, 0.25) is 0 Å². The van der Waals surface area contributed by atoms with E-state index >= 15 is 0 Å². The van der Waals surface area contributed by atoms with Gasteiger partial charge >= 0.3 is 29.8 Å². The number of carbonyl (C=O) groups excluding carboxylic acids is 5. The van der Waals surface area contributed by atoms with Gasteiger partial charge in [-0.1, -0.05) is 30.3 Å². The molecule has 3 atom stereocenters. The number of carbonyl (C=O) groups is 7. The van der Waals surface area contributed by atoms with Crippen LogP contribution in [0.15, 0.2) is 214 Å². The molecule has 0 saturated carbocycles. The molecule has 0 radical (unpaired) electrons. The van der Waals surface area contributed by atoms with Gasteiger partial charge in [-0.3, -0.25) is 19.2 Å². The van der Waals surface area contributed by atoms with Crippen LogP contribution in [0.25, 0.3) is 34.2 Å². The Hall–Kier alpha value is -13.4. The molecule has 3 aromatic heterocycles. The summed E-state index contributed by atoms with van der Waals surface area (Å²) in [5.41, 5.74) is 8.30. The SMILES string of the molecule is COCOc1ccc(-c2nc(Br)c3n2C[C@@H](CF)OCC3)cc1.COCOc1ccc(-c2nc(C(=O)OC)c3n2C[C@@H](CF)OCC3)cc1.COCOc1ccc(C(=O)NCC(=O)O)cc1.COCOc1ccc(C(=O)NCC(=O)OCc2ccccc2)cc1.COCOc1ccc(C(=O)O)cc1.COCOc1ccc(C2=NCC(=O)O2)cc1.Cl.Oc1ccc(-c2nc(Br)c3n2C[C@@H](CF)OCC3)cc1. The van der Waals surface area contributed by atoms with Crippen molar-refractivity contribution in [2.45, 2.75) is 63.8 Å². The first-order chi connectivity index (χ1) is 67.4. The summed E-state index contributed by atoms with van der Waals surface area (Å²) in [7, 11) is 10.5. The highest BCUT2D eigenvalue weighted by molar-refractivity contribution is 9.10. The number of alkyl halides is 3. The first-order valence-corrected chi connectivity index (χ1v) is 44.3. The molecule has 140 heavy (non-hydrogen) atoms. The third-order valence-electron chi connectivity index (χ3n) is 19.7. The van der Waals surface area contributed by atoms with E-state index in [2.05, 4.69) is 67.2 Å². The molecule has 2 amide bonds. The molecule has 0 spiro atoms. The number of imidazole rings is 3. The number of nitrogens with one attached hydrogen (secondary N) is 2. The number of aliphatic imine (C=N–C) groups is 1. The maximum absolute atomic E-state index is 13.2. The number of methoxy groups -OCH3 is 7. The molecule has 0 bridgehead atoms. The number of amides is 2. The lowest BCUT2D eigenvalue weighted by molar-refractivity contribution is -0.143. The van der Waals surface area contributed by atoms with Crippen molar-refractivity contribution in [3.63, 3.8) is 0 Å². The summed E-state index contributed by atoms with van der Waals surface area (Å²) in [6, 6.07) is 57.0. The third-order valence-corrected chi connectivity index (χ3v) is 21.0. The summed E-state index contributed by atoms with van der Waals surface area (Å²) in [5.74, 6) is 2.36. The minimum atomic E-state index is -1.08. The standard InChI is InChI=1S/C18H21FN2O5.C18H19NO5.C16H18BrFN2O3.C14H14BrFN2O2.C11H13NO5.C11H11NO4.C9H10O4.ClH/c1-23-11-26-13-5-3-12(4-6-13)17-20-16(18(22)24-2)15-7-8-25-14(9-19)10-21(15)17;1-22-13-24-16-9-7-15(8-10-16)18(21)19-11-17(20)23-12-14-5-3-2-4-6-14;1-21-10-23-12-4-2-11(3-5-12)16-19-15(17)14-6-7-22-13(8-18)9-20(14)16;15-13-12-5-6-20-11(7-16)8-18(12)14(17-13)9-1-3-10(19)4-2-9;1-16-7-17-9-4-2-8(3-5-9)11(15)12-6-10(13)14;1-14-7-15-9-4-2-8(3-5-9)11-12-6-10(13)16-11;1-12-6-13-8-4-2-7(3-5-8)9(10)11;/h3-6,14H,7-11H2,1-2H3;2-10H,11-13H2,1H3,(H,19,21);2-5,13H,6-10H2,1H3;1-4,11,19H,5-8H2;2-5H,6-7H2,1H3,(H,12,15)(H,13,14);2-5H,6-7H2,1H3;2-5H,6H2,1H3,(H,10,11);1H/t14-;;13-;11-;;;;/m1.11..../s1. The quantitative estimate of drug-likeness (QED) is 0.0140. The number of hydrogen-bond acceptors (Lipinski definition) is 30. The number of aromatic carboxylic acids is 1. The number of halogens is 6. The molecule has 7 heterocycles. The highest BCUT2D eigenvalue weighted by Gasteiger charge is 2.30. The van der Waals surface area contributed by atoms with Crippen LogP contribution in [0.5, 0.6) is 40.2 Å². The molecule has 750 valence electrons. The Bertz CT molecular complexity index is 5700. The van der Waals surface area contributed by atoms with Crippen molar-refractivity contribution in [1.29, 1.82) is 0 Å². The smallest absolute Gasteiger partial charge is 0.358 e. The average molecular weight is 2100 g/mol. The number of aromatic nitrogens is 6. The minimum absolute atomic E-state index is 0. The van der Waals surface area contributed by atoms with Crippen molar-refractivity contribution in [2.24, 2.45) is 4.99 Å². The number of carboxylic acid groups (broad SMARTS) is 2. The second-order valence-electron chi connectivity index (χ2n) is 29.4. The lowest BCUT2D eigenvalue weighted by atomic mass is 10.2. The van der Waals surface area contributed by atoms with E-state index in [0.29, 0.717) is 109 Å². The van der Waals surface area contributed by atoms with E-state index in [-0.39, 0.29) is 108 Å². The molecule has 0 fully saturated rings. The van der Waals surface area contributed by atoms with Gasteiger partial charge in [0.15, 0.2) is 46.5 Å². The van der Waals surface area contributed by atoms with Crippen molar-refractivity contribution < 1.29 is 147 Å². The number of aromatic hydroxyl groups is 1. The van der Waals surface area contributed by atoms with Gasteiger partial charge in [-0.05, 0) is 207 Å². The Balaban J connectivity index is 0.000000202. The maximum Gasteiger partial charge on any atom is 0.358 e. The number of aliphatic carboxylic acids is 1. The number of hydrogen-bond donors (Lipinski definition) is 5. The summed E-state index contributed by atoms with van der Waals surface area (Å²) in [6.07, 6.45) is 0.428. The Morgan fingerprint density at radius 3 is 1.11 bits per heavy atom. The lowest BCUT2D eigenvalue weighted by Gasteiger charge is -2.14. The summed E-state index contributed by atoms with van der Waals surface area (Å²) in [6.45, 7) is 1.58. The van der Waals surface area contributed by atoms with Gasteiger partial charge in [0.25, 0.3) is 11.8 Å². The Labute approximate surface area is 826 Å². The fourth-order valence-corrected chi connectivity index (χ4v) is 14.1. The van der Waals surface area contributed by atoms with Crippen molar-refractivity contribution in [3.05, 3.63) is 260 Å². The van der Waals surface area contributed by atoms with E-state index < -0.39 is 74.7 Å². The summed E-state index contributed by atoms with van der Waals surface area (Å²) in [5, 5.41) is 31.1. The predicted molar refractivity (Wildman–Crippen MR) is 511 cm³/mol. The molecular weight excluding hydrogens is 1990 g/mol. The van der Waals surface area contributed by atoms with Gasteiger partial charge in [-0.25, -0.2) is 47.5 Å². The van der Waals surface area contributed by atoms with Crippen molar-refractivity contribution >= 4 is 91.8 Å². The lowest BCUT2D eigenvalue weighted by Crippen LogP contribution is -2.30. The van der Waals surface area contributed by atoms with Gasteiger partial charge in [0, 0.05) is 95.3 Å². The van der Waals surface area contributed by atoms with E-state index in [1.54, 1.807) is 143 Å². The number of phenolic OH excluding ortho intramolecular Hbond substituents is 1. The van der Waals surface area contributed by atoms with Crippen LogP contribution in [-0.4, -0.2) is 260 Å². The zero-order valence-electron chi connectivity index (χ0n) is 77.3. The Morgan fingerprint density at radius 2 is 0.771 bits per heavy atom. The minimum Gasteiger partial charge on any atom is -0.508 e. The number of benzene rings is 8. The molecule has 37 nitrogen and oxygen atoms in total. The number of rotatable bonds is 35. The normalized spacial score (nSPS) is 14.1. The van der Waals surface area contributed by atoms with Gasteiger partial charge in [-0.15, -0.1) is 12.4 Å². The monoisotopic (exact) mass is 2100 g/mol. The number of esters is 3. The van der Waals surface area contributed by atoms with Crippen LogP contribution in [0, 0.1) is 0 Å². The molecule has 0 unspecified atom stereocenters. The van der Waals surface area contributed by atoms with Crippen molar-refractivity contribution in [3.8, 4) is 74.4 Å². The topological polar surface area (TPSA) is 436 Å². The second kappa shape index (κ2) is 60.5. The van der Waals surface area contributed by atoms with E-state index in [9.17, 15) is 51.8 Å². The maximum atomic E-state index is 13.2. The first kappa shape index (κ1) is 112. The number of ether oxygens (including phenoxy) is 18. The zero-order chi connectivity index (χ0) is 99.8. The van der Waals surface area contributed by atoms with Gasteiger partial charge in [0.1, 0.15) is 132 Å². The van der Waals surface area contributed by atoms with Crippen LogP contribution in [-0.2, 0) is 117 Å². The molecular formula is C97H107Br2ClF3N9O28. The van der Waals surface area contributed by atoms with Crippen molar-refractivity contribution in [1.82, 2.24) is 39.3 Å². The fourth-order valence-electron chi connectivity index (χ4n) is 13.0. The van der Waals surface area contributed by atoms with Crippen LogP contribution in [0.3, 0.4) is 0 Å². The number of nitrogens with zero attached hydrogens (tertiary/aromatic N) is 7. The predicted octanol–water partition coefficient (Wildman–Crippen LogP) is 13.8. The number of fused-ring (bicyclic) bond motifs is 3. The first-order valence-electron chi connectivity index (χ1n) is 42.7. The fraction of sp³-hybridized carbons (Fsp3) is 0.330. The van der Waals surface area contributed by atoms with Crippen LogP contribution >= 0.6 is 44.3 Å². The van der Waals surface area contributed by atoms with E-state index in [1.165, 1.54) is 40.6 Å². The average Bonchev–Trinajstić information content (AvgIpc) is 1.63. The van der Waals surface area contributed by atoms with Crippen molar-refractivity contribution in [2.75, 3.05) is 150 Å². The molecule has 0 aliphatic carbocycles. The Kier molecular flexibility index (Phi) is 48.3. The number of carboxylic acids is 2. The van der Waals surface area contributed by atoms with Crippen LogP contribution in [0.1, 0.15) is 69.8 Å². The molecule has 5 N–H and O–H groups in total. The van der Waals surface area contributed by atoms with Crippen LogP contribution in [0.4, 0.5) is 13.2 Å². The molecule has 4 aliphatic rings. The highest BCUT2D eigenvalue weighted by Crippen LogP contribution is 2.34. The Morgan fingerprint density at radius 1 is 0.436 bits per heavy atom. The molecule has 43 heteroatoms. The largest absolute Gasteiger partial charge is 0.508 e. The zero-order valence-corrected chi connectivity index (χ0v) is 81.3. The van der Waals surface area contributed by atoms with Crippen LogP contribution < -0.4 is 39.1 Å². The van der Waals surface area contributed by atoms with Gasteiger partial charge < -0.3 is 125 Å². The van der Waals surface area contributed by atoms with E-state index in [1.807, 2.05) is 80.4 Å². The summed E-state index contributed by atoms with van der Waals surface area (Å²) >= 11 is 6.96. The molecule has 11 aromatic rings. The third kappa shape index (κ3) is 35.8. The summed E-state index contributed by atoms with van der Waals surface area (Å²) < 4.78 is 138. The van der Waals surface area contributed by atoms with Gasteiger partial charge in [-0.2, -0.15) is 0 Å². The molecule has 8 aromatic carbocycles. The highest BCUT2D eigenvalue weighted by atomic mass is 79.9. The summed E-state index contributed by atoms with van der Waals surface area (Å²) in [4.78, 5) is 96.3. The molecule has 4 aliphatic heterocycles. The van der Waals surface area contributed by atoms with E-state index in [0.717, 1.165) is 65.8 Å². The van der Waals surface area contributed by atoms with E-state index in [4.69, 9.17) is 90.7 Å². The number of cyclic esters (lactones) is 1.